The van der Waals surface area contributed by atoms with Gasteiger partial charge in [0.05, 0.1) is 6.04 Å². The average Bonchev–Trinajstić information content (AvgIpc) is 2.98. The van der Waals surface area contributed by atoms with Gasteiger partial charge in [-0.15, -0.1) is 0 Å². The van der Waals surface area contributed by atoms with Crippen molar-refractivity contribution in [1.29, 1.82) is 0 Å². The lowest BCUT2D eigenvalue weighted by molar-refractivity contribution is -0.111. The summed E-state index contributed by atoms with van der Waals surface area (Å²) < 4.78 is 27.3. The van der Waals surface area contributed by atoms with Gasteiger partial charge in [-0.25, -0.2) is 8.78 Å². The summed E-state index contributed by atoms with van der Waals surface area (Å²) in [6.07, 6.45) is 2.08. The van der Waals surface area contributed by atoms with Crippen LogP contribution in [0.4, 0.5) is 14.5 Å². The first-order valence-corrected chi connectivity index (χ1v) is 7.80. The molecule has 6 heteroatoms. The molecule has 0 radical (unpaired) electrons. The lowest BCUT2D eigenvalue weighted by Gasteiger charge is -2.15. The van der Waals surface area contributed by atoms with Crippen molar-refractivity contribution in [1.82, 2.24) is 5.32 Å². The minimum Gasteiger partial charge on any atom is -0.345 e. The third-order valence-corrected chi connectivity index (χ3v) is 4.14. The van der Waals surface area contributed by atoms with E-state index in [1.54, 1.807) is 18.2 Å². The van der Waals surface area contributed by atoms with Crippen LogP contribution in [0.1, 0.15) is 33.9 Å². The smallest absolute Gasteiger partial charge is 0.251 e. The number of amides is 2. The van der Waals surface area contributed by atoms with Crippen molar-refractivity contribution in [2.75, 3.05) is 5.32 Å². The van der Waals surface area contributed by atoms with Crippen molar-refractivity contribution in [3.05, 3.63) is 77.4 Å². The summed E-state index contributed by atoms with van der Waals surface area (Å²) in [5.41, 5.74) is 1.72. The van der Waals surface area contributed by atoms with Gasteiger partial charge in [-0.2, -0.15) is 0 Å². The number of anilines is 1. The first-order valence-electron chi connectivity index (χ1n) is 7.80. The number of nitrogens with one attached hydrogen (secondary N) is 2. The maximum Gasteiger partial charge on any atom is 0.251 e. The van der Waals surface area contributed by atoms with Gasteiger partial charge in [0.25, 0.3) is 5.91 Å². The SMILES string of the molecule is C=CC(=O)Nc1cccc(C(=O)NC2CCc3c(F)cc(F)cc32)c1. The molecule has 3 rings (SSSR count). The molecule has 1 aliphatic rings. The number of fused-ring (bicyclic) bond motifs is 1. The molecule has 2 aromatic carbocycles. The van der Waals surface area contributed by atoms with Crippen LogP contribution in [-0.4, -0.2) is 11.8 Å². The molecule has 1 atom stereocenters. The highest BCUT2D eigenvalue weighted by molar-refractivity contribution is 6.00. The highest BCUT2D eigenvalue weighted by Crippen LogP contribution is 2.33. The Morgan fingerprint density at radius 1 is 1.20 bits per heavy atom. The monoisotopic (exact) mass is 342 g/mol. The van der Waals surface area contributed by atoms with E-state index in [1.165, 1.54) is 12.1 Å². The topological polar surface area (TPSA) is 58.2 Å². The van der Waals surface area contributed by atoms with Gasteiger partial charge in [-0.3, -0.25) is 9.59 Å². The largest absolute Gasteiger partial charge is 0.345 e. The van der Waals surface area contributed by atoms with Crippen LogP contribution in [0.3, 0.4) is 0 Å². The van der Waals surface area contributed by atoms with E-state index in [0.29, 0.717) is 35.2 Å². The maximum absolute atomic E-state index is 13.8. The van der Waals surface area contributed by atoms with Gasteiger partial charge >= 0.3 is 0 Å². The molecule has 2 aromatic rings. The number of hydrogen-bond acceptors (Lipinski definition) is 2. The molecule has 0 bridgehead atoms. The Balaban J connectivity index is 1.77. The van der Waals surface area contributed by atoms with E-state index in [9.17, 15) is 18.4 Å². The van der Waals surface area contributed by atoms with Crippen LogP contribution in [-0.2, 0) is 11.2 Å². The summed E-state index contributed by atoms with van der Waals surface area (Å²) in [6.45, 7) is 3.37. The Kier molecular flexibility index (Phi) is 4.61. The minimum absolute atomic E-state index is 0.340. The van der Waals surface area contributed by atoms with Gasteiger partial charge < -0.3 is 10.6 Å². The van der Waals surface area contributed by atoms with Gasteiger partial charge in [0.1, 0.15) is 11.6 Å². The zero-order valence-electron chi connectivity index (χ0n) is 13.3. The third-order valence-electron chi connectivity index (χ3n) is 4.14. The molecule has 0 spiro atoms. The van der Waals surface area contributed by atoms with Gasteiger partial charge in [-0.1, -0.05) is 12.6 Å². The quantitative estimate of drug-likeness (QED) is 0.836. The van der Waals surface area contributed by atoms with Crippen LogP contribution in [0.25, 0.3) is 0 Å². The molecule has 0 aliphatic heterocycles. The fourth-order valence-corrected chi connectivity index (χ4v) is 2.97. The van der Waals surface area contributed by atoms with E-state index < -0.39 is 17.7 Å². The summed E-state index contributed by atoms with van der Waals surface area (Å²) in [5, 5.41) is 5.37. The molecule has 25 heavy (non-hydrogen) atoms. The number of rotatable bonds is 4. The average molecular weight is 342 g/mol. The van der Waals surface area contributed by atoms with E-state index in [-0.39, 0.29) is 11.8 Å². The molecule has 0 aromatic heterocycles. The maximum atomic E-state index is 13.8. The second-order valence-corrected chi connectivity index (χ2v) is 5.79. The highest BCUT2D eigenvalue weighted by Gasteiger charge is 2.27. The van der Waals surface area contributed by atoms with Crippen molar-refractivity contribution in [3.63, 3.8) is 0 Å². The van der Waals surface area contributed by atoms with Crippen LogP contribution >= 0.6 is 0 Å². The van der Waals surface area contributed by atoms with Crippen LogP contribution in [0.15, 0.2) is 49.1 Å². The van der Waals surface area contributed by atoms with Crippen molar-refractivity contribution in [3.8, 4) is 0 Å². The summed E-state index contributed by atoms with van der Waals surface area (Å²) in [4.78, 5) is 23.8. The summed E-state index contributed by atoms with van der Waals surface area (Å²) >= 11 is 0. The molecule has 0 saturated carbocycles. The Bertz CT molecular complexity index is 864. The molecule has 0 saturated heterocycles. The van der Waals surface area contributed by atoms with Gasteiger partial charge in [0.15, 0.2) is 0 Å². The molecule has 0 fully saturated rings. The molecule has 128 valence electrons. The van der Waals surface area contributed by atoms with E-state index in [2.05, 4.69) is 17.2 Å². The molecular formula is C19H16F2N2O2. The van der Waals surface area contributed by atoms with E-state index in [4.69, 9.17) is 0 Å². The predicted molar refractivity (Wildman–Crippen MR) is 90.2 cm³/mol. The lowest BCUT2D eigenvalue weighted by Crippen LogP contribution is -2.27. The van der Waals surface area contributed by atoms with Gasteiger partial charge in [-0.05, 0) is 54.3 Å². The Labute approximate surface area is 143 Å². The fraction of sp³-hybridized carbons (Fsp3) is 0.158. The summed E-state index contributed by atoms with van der Waals surface area (Å²) in [7, 11) is 0. The molecule has 1 aliphatic carbocycles. The van der Waals surface area contributed by atoms with Crippen LogP contribution < -0.4 is 10.6 Å². The second-order valence-electron chi connectivity index (χ2n) is 5.79. The van der Waals surface area contributed by atoms with E-state index in [1.807, 2.05) is 0 Å². The van der Waals surface area contributed by atoms with Crippen molar-refractivity contribution in [2.24, 2.45) is 0 Å². The zero-order chi connectivity index (χ0) is 18.0. The van der Waals surface area contributed by atoms with Crippen molar-refractivity contribution >= 4 is 17.5 Å². The predicted octanol–water partition coefficient (Wildman–Crippen LogP) is 3.51. The number of carbonyl (C=O) groups is 2. The molecule has 4 nitrogen and oxygen atoms in total. The minimum atomic E-state index is -0.661. The van der Waals surface area contributed by atoms with Crippen molar-refractivity contribution in [2.45, 2.75) is 18.9 Å². The Morgan fingerprint density at radius 2 is 2.00 bits per heavy atom. The normalized spacial score (nSPS) is 15.4. The van der Waals surface area contributed by atoms with Gasteiger partial charge in [0, 0.05) is 17.3 Å². The van der Waals surface area contributed by atoms with Gasteiger partial charge in [0.2, 0.25) is 5.91 Å². The molecule has 1 unspecified atom stereocenters. The van der Waals surface area contributed by atoms with Crippen LogP contribution in [0, 0.1) is 11.6 Å². The number of halogens is 2. The number of benzene rings is 2. The van der Waals surface area contributed by atoms with Crippen LogP contribution in [0.2, 0.25) is 0 Å². The number of carbonyl (C=O) groups excluding carboxylic acids is 2. The standard InChI is InChI=1S/C19H16F2N2O2/c1-2-18(24)22-13-5-3-4-11(8-13)19(25)23-17-7-6-14-15(17)9-12(20)10-16(14)21/h2-5,8-10,17H,1,6-7H2,(H,22,24)(H,23,25). The summed E-state index contributed by atoms with van der Waals surface area (Å²) in [6, 6.07) is 8.08. The highest BCUT2D eigenvalue weighted by atomic mass is 19.1. The van der Waals surface area contributed by atoms with Crippen LogP contribution in [0.5, 0.6) is 0 Å². The molecule has 0 heterocycles. The molecule has 2 N–H and O–H groups in total. The first kappa shape index (κ1) is 16.8. The first-order chi connectivity index (χ1) is 12.0. The van der Waals surface area contributed by atoms with E-state index >= 15 is 0 Å². The Morgan fingerprint density at radius 3 is 2.76 bits per heavy atom. The fourth-order valence-electron chi connectivity index (χ4n) is 2.97. The third kappa shape index (κ3) is 3.57. The van der Waals surface area contributed by atoms with E-state index in [0.717, 1.165) is 12.1 Å². The Hall–Kier alpha value is -3.02. The van der Waals surface area contributed by atoms with Crippen molar-refractivity contribution < 1.29 is 18.4 Å². The molecular weight excluding hydrogens is 326 g/mol. The molecule has 2 amide bonds. The summed E-state index contributed by atoms with van der Waals surface area (Å²) in [5.74, 6) is -2.00. The number of hydrogen-bond donors (Lipinski definition) is 2. The lowest BCUT2D eigenvalue weighted by atomic mass is 10.1. The second kappa shape index (κ2) is 6.84. The zero-order valence-corrected chi connectivity index (χ0v) is 13.3.